The molecular weight excluding hydrogens is 290 g/mol. The third-order valence-electron chi connectivity index (χ3n) is 3.13. The van der Waals surface area contributed by atoms with Gasteiger partial charge in [0.25, 0.3) is 12.0 Å². The van der Waals surface area contributed by atoms with E-state index in [1.54, 1.807) is 19.9 Å². The van der Waals surface area contributed by atoms with Crippen molar-refractivity contribution in [1.29, 1.82) is 0 Å². The van der Waals surface area contributed by atoms with E-state index in [1.807, 2.05) is 0 Å². The Labute approximate surface area is 127 Å². The smallest absolute Gasteiger partial charge is 0.357 e. The normalized spacial score (nSPS) is 16.6. The number of nitrogens with zero attached hydrogens (tertiary/aromatic N) is 1. The molecule has 7 nitrogen and oxygen atoms in total. The summed E-state index contributed by atoms with van der Waals surface area (Å²) in [5, 5.41) is 0. The summed E-state index contributed by atoms with van der Waals surface area (Å²) in [6.07, 6.45) is -1.37. The number of carbonyl (C=O) groups excluding carboxylic acids is 3. The Bertz CT molecular complexity index is 612. The lowest BCUT2D eigenvalue weighted by Crippen LogP contribution is -2.48. The van der Waals surface area contributed by atoms with E-state index >= 15 is 0 Å². The van der Waals surface area contributed by atoms with Gasteiger partial charge in [0.2, 0.25) is 0 Å². The number of ether oxygens (including phenoxy) is 3. The van der Waals surface area contributed by atoms with Gasteiger partial charge in [-0.3, -0.25) is 4.79 Å². The second kappa shape index (κ2) is 6.46. The van der Waals surface area contributed by atoms with Gasteiger partial charge in [0.05, 0.1) is 24.5 Å². The fourth-order valence-corrected chi connectivity index (χ4v) is 2.07. The highest BCUT2D eigenvalue weighted by Crippen LogP contribution is 2.34. The molecule has 1 aliphatic heterocycles. The van der Waals surface area contributed by atoms with E-state index in [4.69, 9.17) is 14.2 Å². The maximum atomic E-state index is 12.1. The van der Waals surface area contributed by atoms with Gasteiger partial charge >= 0.3 is 11.9 Å². The molecule has 0 aromatic heterocycles. The number of rotatable bonds is 4. The van der Waals surface area contributed by atoms with Crippen LogP contribution in [0.15, 0.2) is 18.2 Å². The van der Waals surface area contributed by atoms with Crippen LogP contribution >= 0.6 is 0 Å². The minimum Gasteiger partial charge on any atom is -0.466 e. The molecule has 0 spiro atoms. The van der Waals surface area contributed by atoms with Gasteiger partial charge in [-0.2, -0.15) is 0 Å². The molecule has 22 heavy (non-hydrogen) atoms. The van der Waals surface area contributed by atoms with Crippen LogP contribution in [0.3, 0.4) is 0 Å². The molecule has 0 bridgehead atoms. The van der Waals surface area contributed by atoms with Gasteiger partial charge in [0, 0.05) is 7.05 Å². The first kappa shape index (κ1) is 15.8. The minimum absolute atomic E-state index is 0.144. The number of likely N-dealkylation sites (N-methyl/N-ethyl adjacent to an activating group) is 1. The van der Waals surface area contributed by atoms with Crippen LogP contribution in [0.4, 0.5) is 5.69 Å². The first-order valence-corrected chi connectivity index (χ1v) is 6.91. The second-order valence-corrected chi connectivity index (χ2v) is 4.55. The number of carbonyl (C=O) groups is 3. The van der Waals surface area contributed by atoms with Crippen LogP contribution in [0.2, 0.25) is 0 Å². The van der Waals surface area contributed by atoms with Gasteiger partial charge in [-0.05, 0) is 32.0 Å². The highest BCUT2D eigenvalue weighted by molar-refractivity contribution is 6.11. The number of hydrogen-bond donors (Lipinski definition) is 0. The van der Waals surface area contributed by atoms with Gasteiger partial charge in [0.1, 0.15) is 5.75 Å². The monoisotopic (exact) mass is 307 g/mol. The van der Waals surface area contributed by atoms with E-state index in [0.717, 1.165) is 0 Å². The summed E-state index contributed by atoms with van der Waals surface area (Å²) in [4.78, 5) is 37.0. The highest BCUT2D eigenvalue weighted by Gasteiger charge is 2.39. The fraction of sp³-hybridized carbons (Fsp3) is 0.400. The maximum absolute atomic E-state index is 12.1. The quantitative estimate of drug-likeness (QED) is 0.613. The van der Waals surface area contributed by atoms with Gasteiger partial charge in [-0.1, -0.05) is 0 Å². The van der Waals surface area contributed by atoms with E-state index in [1.165, 1.54) is 24.1 Å². The Balaban J connectivity index is 2.33. The van der Waals surface area contributed by atoms with Crippen molar-refractivity contribution in [2.24, 2.45) is 0 Å². The molecule has 1 aromatic rings. The zero-order valence-electron chi connectivity index (χ0n) is 12.6. The molecule has 0 saturated carbocycles. The van der Waals surface area contributed by atoms with Crippen LogP contribution in [0.5, 0.6) is 5.75 Å². The zero-order valence-corrected chi connectivity index (χ0v) is 12.6. The van der Waals surface area contributed by atoms with Crippen LogP contribution in [0.25, 0.3) is 0 Å². The predicted molar refractivity (Wildman–Crippen MR) is 76.9 cm³/mol. The molecule has 1 heterocycles. The molecule has 1 atom stereocenters. The van der Waals surface area contributed by atoms with Crippen molar-refractivity contribution in [3.63, 3.8) is 0 Å². The summed E-state index contributed by atoms with van der Waals surface area (Å²) >= 11 is 0. The third-order valence-corrected chi connectivity index (χ3v) is 3.13. The summed E-state index contributed by atoms with van der Waals surface area (Å²) in [6.45, 7) is 3.74. The Kier molecular flexibility index (Phi) is 4.65. The molecule has 1 aliphatic rings. The summed E-state index contributed by atoms with van der Waals surface area (Å²) in [6, 6.07) is 4.55. The first-order valence-electron chi connectivity index (χ1n) is 6.91. The zero-order chi connectivity index (χ0) is 16.3. The largest absolute Gasteiger partial charge is 0.466 e. The van der Waals surface area contributed by atoms with Gasteiger partial charge in [-0.15, -0.1) is 0 Å². The second-order valence-electron chi connectivity index (χ2n) is 4.55. The average Bonchev–Trinajstić information content (AvgIpc) is 2.50. The Hall–Kier alpha value is -2.57. The number of amides is 1. The lowest BCUT2D eigenvalue weighted by Gasteiger charge is -2.30. The summed E-state index contributed by atoms with van der Waals surface area (Å²) in [7, 11) is 1.53. The standard InChI is InChI=1S/C15H17NO6/c1-4-20-14(18)9-6-7-10-11(8-9)22-12(13(17)16(10)3)15(19)21-5-2/h6-8,12H,4-5H2,1-3H3. The minimum atomic E-state index is -1.37. The van der Waals surface area contributed by atoms with E-state index in [0.29, 0.717) is 5.69 Å². The van der Waals surface area contributed by atoms with Crippen molar-refractivity contribution in [2.75, 3.05) is 25.2 Å². The van der Waals surface area contributed by atoms with Crippen molar-refractivity contribution in [2.45, 2.75) is 20.0 Å². The molecule has 1 unspecified atom stereocenters. The first-order chi connectivity index (χ1) is 10.5. The van der Waals surface area contributed by atoms with Gasteiger partial charge < -0.3 is 19.1 Å². The van der Waals surface area contributed by atoms with Crippen LogP contribution in [-0.4, -0.2) is 44.2 Å². The van der Waals surface area contributed by atoms with Crippen LogP contribution in [0.1, 0.15) is 24.2 Å². The van der Waals surface area contributed by atoms with E-state index in [9.17, 15) is 14.4 Å². The molecule has 2 rings (SSSR count). The lowest BCUT2D eigenvalue weighted by molar-refractivity contribution is -0.155. The fourth-order valence-electron chi connectivity index (χ4n) is 2.07. The number of fused-ring (bicyclic) bond motifs is 1. The Morgan fingerprint density at radius 3 is 2.55 bits per heavy atom. The van der Waals surface area contributed by atoms with Crippen molar-refractivity contribution in [3.05, 3.63) is 23.8 Å². The molecule has 7 heteroatoms. The van der Waals surface area contributed by atoms with Crippen molar-refractivity contribution >= 4 is 23.5 Å². The van der Waals surface area contributed by atoms with Crippen molar-refractivity contribution < 1.29 is 28.6 Å². The summed E-state index contributed by atoms with van der Waals surface area (Å²) in [5.41, 5.74) is 0.754. The molecular formula is C15H17NO6. The molecule has 0 N–H and O–H groups in total. The number of anilines is 1. The van der Waals surface area contributed by atoms with E-state index < -0.39 is 23.9 Å². The third kappa shape index (κ3) is 2.88. The number of benzene rings is 1. The lowest BCUT2D eigenvalue weighted by atomic mass is 10.1. The van der Waals surface area contributed by atoms with Crippen LogP contribution in [-0.2, 0) is 19.1 Å². The van der Waals surface area contributed by atoms with Gasteiger partial charge in [0.15, 0.2) is 0 Å². The van der Waals surface area contributed by atoms with E-state index in [2.05, 4.69) is 0 Å². The maximum Gasteiger partial charge on any atom is 0.357 e. The SMILES string of the molecule is CCOC(=O)c1ccc2c(c1)OC(C(=O)OCC)C(=O)N2C. The van der Waals surface area contributed by atoms with Gasteiger partial charge in [-0.25, -0.2) is 9.59 Å². The highest BCUT2D eigenvalue weighted by atomic mass is 16.6. The molecule has 0 fully saturated rings. The molecule has 118 valence electrons. The predicted octanol–water partition coefficient (Wildman–Crippen LogP) is 1.15. The van der Waals surface area contributed by atoms with Crippen LogP contribution in [0, 0.1) is 0 Å². The molecule has 0 aliphatic carbocycles. The number of esters is 2. The summed E-state index contributed by atoms with van der Waals surface area (Å²) < 4.78 is 15.2. The molecule has 1 aromatic carbocycles. The average molecular weight is 307 g/mol. The van der Waals surface area contributed by atoms with Crippen molar-refractivity contribution in [1.82, 2.24) is 0 Å². The van der Waals surface area contributed by atoms with Crippen LogP contribution < -0.4 is 9.64 Å². The molecule has 0 radical (unpaired) electrons. The molecule has 0 saturated heterocycles. The van der Waals surface area contributed by atoms with E-state index in [-0.39, 0.29) is 24.5 Å². The Morgan fingerprint density at radius 1 is 1.23 bits per heavy atom. The number of hydrogen-bond acceptors (Lipinski definition) is 6. The summed E-state index contributed by atoms with van der Waals surface area (Å²) in [5.74, 6) is -1.52. The van der Waals surface area contributed by atoms with Crippen molar-refractivity contribution in [3.8, 4) is 5.75 Å². The topological polar surface area (TPSA) is 82.1 Å². The molecule has 1 amide bonds. The Morgan fingerprint density at radius 2 is 1.91 bits per heavy atom.